The van der Waals surface area contributed by atoms with Crippen LogP contribution in [0.4, 0.5) is 0 Å². The van der Waals surface area contributed by atoms with Crippen molar-refractivity contribution in [3.63, 3.8) is 0 Å². The SMILES string of the molecule is Cc1ccc2c(c1)c(-c1ccccc1Cl)nc1nnnn12. The number of hydrogen-bond acceptors (Lipinski definition) is 4. The zero-order chi connectivity index (χ0) is 14.4. The molecule has 0 amide bonds. The molecule has 102 valence electrons. The van der Waals surface area contributed by atoms with Gasteiger partial charge in [-0.05, 0) is 35.5 Å². The van der Waals surface area contributed by atoms with E-state index in [9.17, 15) is 0 Å². The lowest BCUT2D eigenvalue weighted by Gasteiger charge is -2.09. The zero-order valence-electron chi connectivity index (χ0n) is 11.2. The highest BCUT2D eigenvalue weighted by Gasteiger charge is 2.14. The lowest BCUT2D eigenvalue weighted by atomic mass is 10.0. The Kier molecular flexibility index (Phi) is 2.62. The molecule has 4 rings (SSSR count). The lowest BCUT2D eigenvalue weighted by Crippen LogP contribution is -1.98. The van der Waals surface area contributed by atoms with E-state index < -0.39 is 0 Å². The first-order chi connectivity index (χ1) is 10.2. The minimum Gasteiger partial charge on any atom is -0.209 e. The summed E-state index contributed by atoms with van der Waals surface area (Å²) in [5.41, 5.74) is 3.72. The van der Waals surface area contributed by atoms with Crippen LogP contribution >= 0.6 is 11.6 Å². The Balaban J connectivity index is 2.20. The second-order valence-electron chi connectivity index (χ2n) is 4.85. The number of nitrogens with zero attached hydrogens (tertiary/aromatic N) is 5. The molecular weight excluding hydrogens is 286 g/mol. The normalized spacial score (nSPS) is 11.3. The van der Waals surface area contributed by atoms with E-state index in [1.807, 2.05) is 43.3 Å². The molecule has 6 heteroatoms. The molecule has 0 bridgehead atoms. The van der Waals surface area contributed by atoms with Crippen molar-refractivity contribution in [2.45, 2.75) is 6.92 Å². The summed E-state index contributed by atoms with van der Waals surface area (Å²) in [6.07, 6.45) is 0. The second kappa shape index (κ2) is 4.49. The number of halogens is 1. The molecule has 0 unspecified atom stereocenters. The third-order valence-electron chi connectivity index (χ3n) is 3.43. The molecule has 4 aromatic rings. The van der Waals surface area contributed by atoms with Crippen LogP contribution in [0.5, 0.6) is 0 Å². The van der Waals surface area contributed by atoms with Crippen LogP contribution in [0, 0.1) is 6.92 Å². The molecule has 2 aromatic heterocycles. The first kappa shape index (κ1) is 12.2. The van der Waals surface area contributed by atoms with Crippen molar-refractivity contribution in [1.29, 1.82) is 0 Å². The van der Waals surface area contributed by atoms with Gasteiger partial charge in [-0.1, -0.05) is 46.5 Å². The van der Waals surface area contributed by atoms with Gasteiger partial charge in [0.05, 0.1) is 11.2 Å². The standard InChI is InChI=1S/C15H10ClN5/c1-9-6-7-13-11(8-9)14(10-4-2-3-5-12(10)16)17-15-18-19-20-21(13)15/h2-8H,1H3. The predicted octanol–water partition coefficient (Wildman–Crippen LogP) is 3.30. The van der Waals surface area contributed by atoms with Crippen molar-refractivity contribution in [1.82, 2.24) is 25.0 Å². The highest BCUT2D eigenvalue weighted by molar-refractivity contribution is 6.33. The predicted molar refractivity (Wildman–Crippen MR) is 81.3 cm³/mol. The minimum atomic E-state index is 0.460. The molecule has 0 N–H and O–H groups in total. The van der Waals surface area contributed by atoms with Gasteiger partial charge in [-0.3, -0.25) is 0 Å². The molecular formula is C15H10ClN5. The number of hydrogen-bond donors (Lipinski definition) is 0. The summed E-state index contributed by atoms with van der Waals surface area (Å²) in [6.45, 7) is 2.04. The van der Waals surface area contributed by atoms with E-state index in [-0.39, 0.29) is 0 Å². The Morgan fingerprint density at radius 2 is 1.95 bits per heavy atom. The van der Waals surface area contributed by atoms with Gasteiger partial charge in [-0.15, -0.1) is 0 Å². The lowest BCUT2D eigenvalue weighted by molar-refractivity contribution is 0.840. The van der Waals surface area contributed by atoms with E-state index >= 15 is 0 Å². The van der Waals surface area contributed by atoms with Crippen LogP contribution in [-0.2, 0) is 0 Å². The highest BCUT2D eigenvalue weighted by atomic mass is 35.5. The summed E-state index contributed by atoms with van der Waals surface area (Å²) < 4.78 is 1.63. The fourth-order valence-corrected chi connectivity index (χ4v) is 2.68. The zero-order valence-corrected chi connectivity index (χ0v) is 11.9. The Morgan fingerprint density at radius 1 is 1.10 bits per heavy atom. The van der Waals surface area contributed by atoms with Gasteiger partial charge >= 0.3 is 0 Å². The molecule has 0 saturated heterocycles. The van der Waals surface area contributed by atoms with Crippen molar-refractivity contribution in [2.24, 2.45) is 0 Å². The van der Waals surface area contributed by atoms with Crippen molar-refractivity contribution in [3.8, 4) is 11.3 Å². The number of benzene rings is 2. The molecule has 0 spiro atoms. The number of fused-ring (bicyclic) bond motifs is 3. The van der Waals surface area contributed by atoms with Crippen LogP contribution in [0.3, 0.4) is 0 Å². The van der Waals surface area contributed by atoms with E-state index in [0.29, 0.717) is 10.8 Å². The smallest absolute Gasteiger partial charge is 0.209 e. The fourth-order valence-electron chi connectivity index (χ4n) is 2.45. The van der Waals surface area contributed by atoms with Crippen LogP contribution in [0.2, 0.25) is 5.02 Å². The van der Waals surface area contributed by atoms with Gasteiger partial charge in [0.2, 0.25) is 0 Å². The molecule has 2 aromatic carbocycles. The van der Waals surface area contributed by atoms with Crippen LogP contribution in [0.15, 0.2) is 42.5 Å². The molecule has 0 aliphatic carbocycles. The molecule has 0 radical (unpaired) electrons. The van der Waals surface area contributed by atoms with Gasteiger partial charge in [0.1, 0.15) is 0 Å². The van der Waals surface area contributed by atoms with Gasteiger partial charge < -0.3 is 0 Å². The van der Waals surface area contributed by atoms with E-state index in [2.05, 4.69) is 26.6 Å². The molecule has 2 heterocycles. The summed E-state index contributed by atoms with van der Waals surface area (Å²) in [5.74, 6) is 0.460. The van der Waals surface area contributed by atoms with Gasteiger partial charge in [0.25, 0.3) is 5.78 Å². The Bertz CT molecular complexity index is 976. The van der Waals surface area contributed by atoms with Crippen LogP contribution < -0.4 is 0 Å². The van der Waals surface area contributed by atoms with Crippen molar-refractivity contribution >= 4 is 28.3 Å². The van der Waals surface area contributed by atoms with Crippen LogP contribution in [0.1, 0.15) is 5.56 Å². The maximum Gasteiger partial charge on any atom is 0.274 e. The van der Waals surface area contributed by atoms with Crippen molar-refractivity contribution in [2.75, 3.05) is 0 Å². The number of aryl methyl sites for hydroxylation is 1. The maximum absolute atomic E-state index is 6.33. The summed E-state index contributed by atoms with van der Waals surface area (Å²) >= 11 is 6.33. The van der Waals surface area contributed by atoms with Crippen LogP contribution in [0.25, 0.3) is 27.9 Å². The van der Waals surface area contributed by atoms with Gasteiger partial charge in [-0.2, -0.15) is 4.52 Å². The average molecular weight is 296 g/mol. The molecule has 0 aliphatic heterocycles. The largest absolute Gasteiger partial charge is 0.274 e. The number of aromatic nitrogens is 5. The highest BCUT2D eigenvalue weighted by Crippen LogP contribution is 2.32. The Hall–Kier alpha value is -2.53. The second-order valence-corrected chi connectivity index (χ2v) is 5.26. The van der Waals surface area contributed by atoms with E-state index in [0.717, 1.165) is 27.7 Å². The molecule has 0 fully saturated rings. The monoisotopic (exact) mass is 295 g/mol. The molecule has 0 atom stereocenters. The fraction of sp³-hybridized carbons (Fsp3) is 0.0667. The quantitative estimate of drug-likeness (QED) is 0.540. The molecule has 21 heavy (non-hydrogen) atoms. The summed E-state index contributed by atoms with van der Waals surface area (Å²) in [5, 5.41) is 13.3. The maximum atomic E-state index is 6.33. The molecule has 5 nitrogen and oxygen atoms in total. The summed E-state index contributed by atoms with van der Waals surface area (Å²) in [6, 6.07) is 13.7. The van der Waals surface area contributed by atoms with Crippen molar-refractivity contribution in [3.05, 3.63) is 53.1 Å². The third-order valence-corrected chi connectivity index (χ3v) is 3.76. The molecule has 0 aliphatic rings. The number of tetrazole rings is 1. The first-order valence-electron chi connectivity index (χ1n) is 6.47. The van der Waals surface area contributed by atoms with Gasteiger partial charge in [0, 0.05) is 16.0 Å². The van der Waals surface area contributed by atoms with Gasteiger partial charge in [-0.25, -0.2) is 4.98 Å². The third kappa shape index (κ3) is 1.86. The summed E-state index contributed by atoms with van der Waals surface area (Å²) in [4.78, 5) is 4.58. The number of rotatable bonds is 1. The van der Waals surface area contributed by atoms with Crippen LogP contribution in [-0.4, -0.2) is 25.0 Å². The minimum absolute atomic E-state index is 0.460. The van der Waals surface area contributed by atoms with E-state index in [1.54, 1.807) is 4.52 Å². The Labute approximate surface area is 125 Å². The first-order valence-corrected chi connectivity index (χ1v) is 6.85. The average Bonchev–Trinajstić information content (AvgIpc) is 2.95. The Morgan fingerprint density at radius 3 is 2.81 bits per heavy atom. The topological polar surface area (TPSA) is 56.0 Å². The van der Waals surface area contributed by atoms with Gasteiger partial charge in [0.15, 0.2) is 0 Å². The molecule has 0 saturated carbocycles. The van der Waals surface area contributed by atoms with Crippen molar-refractivity contribution < 1.29 is 0 Å². The summed E-state index contributed by atoms with van der Waals surface area (Å²) in [7, 11) is 0. The van der Waals surface area contributed by atoms with E-state index in [4.69, 9.17) is 11.6 Å². The van der Waals surface area contributed by atoms with E-state index in [1.165, 1.54) is 0 Å².